The first-order chi connectivity index (χ1) is 14.0. The van der Waals surface area contributed by atoms with E-state index in [4.69, 9.17) is 0 Å². The molecule has 30 heavy (non-hydrogen) atoms. The molecule has 162 valence electrons. The second kappa shape index (κ2) is 8.47. The van der Waals surface area contributed by atoms with Crippen molar-refractivity contribution < 1.29 is 14.4 Å². The summed E-state index contributed by atoms with van der Waals surface area (Å²) in [5.74, 6) is -1.59. The topological polar surface area (TPSA) is 115 Å². The Hall–Kier alpha value is -2.87. The van der Waals surface area contributed by atoms with Crippen LogP contribution in [0.2, 0.25) is 0 Å². The molecule has 1 aromatic carbocycles. The van der Waals surface area contributed by atoms with Crippen LogP contribution in [0, 0.1) is 0 Å². The number of aromatic nitrogens is 1. The first-order valence-corrected chi connectivity index (χ1v) is 10.3. The Morgan fingerprint density at radius 1 is 0.967 bits per heavy atom. The number of H-pyrrole nitrogens is 1. The summed E-state index contributed by atoms with van der Waals surface area (Å²) >= 11 is 0. The fourth-order valence-corrected chi connectivity index (χ4v) is 4.40. The Kier molecular flexibility index (Phi) is 6.17. The average Bonchev–Trinajstić information content (AvgIpc) is 3.06. The van der Waals surface area contributed by atoms with Crippen LogP contribution in [0.15, 0.2) is 30.3 Å². The second-order valence-electron chi connectivity index (χ2n) is 9.25. The van der Waals surface area contributed by atoms with Crippen molar-refractivity contribution in [2.75, 3.05) is 13.1 Å². The molecule has 2 heterocycles. The minimum atomic E-state index is -0.691. The summed E-state index contributed by atoms with van der Waals surface area (Å²) in [6, 6.07) is 9.33. The summed E-state index contributed by atoms with van der Waals surface area (Å²) in [5, 5.41) is 12.6. The van der Waals surface area contributed by atoms with Gasteiger partial charge in [0.25, 0.3) is 5.91 Å². The molecule has 2 aromatic rings. The molecule has 5 N–H and O–H groups in total. The number of hydrogen-bond acceptors (Lipinski definition) is 4. The number of fused-ring (bicyclic) bond motifs is 1. The number of carbonyl (C=O) groups is 3. The molecule has 0 saturated carbocycles. The number of nitrogens with one attached hydrogen (secondary N) is 5. The van der Waals surface area contributed by atoms with E-state index in [1.54, 1.807) is 6.07 Å². The van der Waals surface area contributed by atoms with E-state index in [0.717, 1.165) is 23.7 Å². The lowest BCUT2D eigenvalue weighted by molar-refractivity contribution is -0.139. The third kappa shape index (κ3) is 5.60. The SMILES string of the molecule is CC1(C)CC(NC(=O)C(=O)NCCNC(=O)c2cc3ccccc3[nH]2)CC(C)(C)N1. The molecule has 1 fully saturated rings. The van der Waals surface area contributed by atoms with Crippen LogP contribution >= 0.6 is 0 Å². The zero-order valence-electron chi connectivity index (χ0n) is 18.0. The van der Waals surface area contributed by atoms with Crippen LogP contribution in [0.4, 0.5) is 0 Å². The van der Waals surface area contributed by atoms with Gasteiger partial charge in [-0.3, -0.25) is 14.4 Å². The van der Waals surface area contributed by atoms with Gasteiger partial charge in [-0.05, 0) is 52.7 Å². The maximum Gasteiger partial charge on any atom is 0.309 e. The predicted molar refractivity (Wildman–Crippen MR) is 116 cm³/mol. The number of para-hydroxylation sites is 1. The van der Waals surface area contributed by atoms with Crippen molar-refractivity contribution in [1.82, 2.24) is 26.3 Å². The molecule has 0 unspecified atom stereocenters. The zero-order chi connectivity index (χ0) is 21.9. The van der Waals surface area contributed by atoms with E-state index < -0.39 is 11.8 Å². The van der Waals surface area contributed by atoms with Gasteiger partial charge in [-0.25, -0.2) is 0 Å². The lowest BCUT2D eigenvalue weighted by Gasteiger charge is -2.46. The Bertz CT molecular complexity index is 898. The van der Waals surface area contributed by atoms with Crippen molar-refractivity contribution >= 4 is 28.6 Å². The molecule has 0 aliphatic carbocycles. The molecule has 0 bridgehead atoms. The highest BCUT2D eigenvalue weighted by molar-refractivity contribution is 6.35. The summed E-state index contributed by atoms with van der Waals surface area (Å²) < 4.78 is 0. The lowest BCUT2D eigenvalue weighted by Crippen LogP contribution is -2.62. The third-order valence-electron chi connectivity index (χ3n) is 5.20. The Morgan fingerprint density at radius 2 is 1.60 bits per heavy atom. The van der Waals surface area contributed by atoms with Crippen LogP contribution in [0.5, 0.6) is 0 Å². The van der Waals surface area contributed by atoms with E-state index in [2.05, 4.69) is 53.9 Å². The van der Waals surface area contributed by atoms with Gasteiger partial charge in [-0.1, -0.05) is 18.2 Å². The Labute approximate surface area is 176 Å². The van der Waals surface area contributed by atoms with Gasteiger partial charge in [0.2, 0.25) is 0 Å². The molecule has 3 amide bonds. The maximum atomic E-state index is 12.2. The fraction of sp³-hybridized carbons (Fsp3) is 0.500. The number of carbonyl (C=O) groups excluding carboxylic acids is 3. The summed E-state index contributed by atoms with van der Waals surface area (Å²) in [6.07, 6.45) is 1.49. The molecule has 8 heteroatoms. The molecular formula is C22H31N5O3. The van der Waals surface area contributed by atoms with E-state index in [0.29, 0.717) is 5.69 Å². The van der Waals surface area contributed by atoms with E-state index >= 15 is 0 Å². The van der Waals surface area contributed by atoms with Gasteiger partial charge in [-0.2, -0.15) is 0 Å². The first kappa shape index (κ1) is 21.8. The van der Waals surface area contributed by atoms with Crippen molar-refractivity contribution in [3.63, 3.8) is 0 Å². The molecule has 3 rings (SSSR count). The minimum Gasteiger partial charge on any atom is -0.351 e. The minimum absolute atomic E-state index is 0.0730. The molecule has 8 nitrogen and oxygen atoms in total. The largest absolute Gasteiger partial charge is 0.351 e. The van der Waals surface area contributed by atoms with Crippen molar-refractivity contribution in [3.05, 3.63) is 36.0 Å². The first-order valence-electron chi connectivity index (χ1n) is 10.3. The highest BCUT2D eigenvalue weighted by Crippen LogP contribution is 2.28. The number of rotatable bonds is 5. The van der Waals surface area contributed by atoms with Crippen molar-refractivity contribution in [2.45, 2.75) is 57.7 Å². The van der Waals surface area contributed by atoms with Gasteiger partial charge in [0.15, 0.2) is 0 Å². The van der Waals surface area contributed by atoms with E-state index in [1.807, 2.05) is 24.3 Å². The number of benzene rings is 1. The molecule has 0 spiro atoms. The molecule has 1 aromatic heterocycles. The van der Waals surface area contributed by atoms with E-state index in [1.165, 1.54) is 0 Å². The molecule has 1 aliphatic rings. The summed E-state index contributed by atoms with van der Waals surface area (Å²) in [6.45, 7) is 8.74. The lowest BCUT2D eigenvalue weighted by atomic mass is 9.79. The van der Waals surface area contributed by atoms with Gasteiger partial charge < -0.3 is 26.3 Å². The van der Waals surface area contributed by atoms with E-state index in [-0.39, 0.29) is 36.1 Å². The predicted octanol–water partition coefficient (Wildman–Crippen LogP) is 1.44. The van der Waals surface area contributed by atoms with Gasteiger partial charge in [-0.15, -0.1) is 0 Å². The highest BCUT2D eigenvalue weighted by Gasteiger charge is 2.38. The van der Waals surface area contributed by atoms with Crippen LogP contribution in [0.25, 0.3) is 10.9 Å². The van der Waals surface area contributed by atoms with Crippen LogP contribution in [-0.4, -0.2) is 52.9 Å². The van der Waals surface area contributed by atoms with Gasteiger partial charge >= 0.3 is 11.8 Å². The quantitative estimate of drug-likeness (QED) is 0.377. The van der Waals surface area contributed by atoms with Crippen LogP contribution < -0.4 is 21.3 Å². The molecule has 1 saturated heterocycles. The normalized spacial score (nSPS) is 18.0. The van der Waals surface area contributed by atoms with Crippen molar-refractivity contribution in [2.24, 2.45) is 0 Å². The number of amides is 3. The molecular weight excluding hydrogens is 382 g/mol. The molecule has 1 aliphatic heterocycles. The summed E-state index contributed by atoms with van der Waals surface area (Å²) in [5.41, 5.74) is 1.10. The van der Waals surface area contributed by atoms with Gasteiger partial charge in [0.05, 0.1) is 0 Å². The van der Waals surface area contributed by atoms with Crippen LogP contribution in [0.1, 0.15) is 51.0 Å². The fourth-order valence-electron chi connectivity index (χ4n) is 4.40. The van der Waals surface area contributed by atoms with Crippen molar-refractivity contribution in [3.8, 4) is 0 Å². The maximum absolute atomic E-state index is 12.2. The standard InChI is InChI=1S/C22H31N5O3/c1-21(2)12-15(13-22(3,4)27-21)25-20(30)19(29)24-10-9-23-18(28)17-11-14-7-5-6-8-16(14)26-17/h5-8,11,15,26-27H,9-10,12-13H2,1-4H3,(H,23,28)(H,24,29)(H,25,30). The van der Waals surface area contributed by atoms with E-state index in [9.17, 15) is 14.4 Å². The molecule has 0 radical (unpaired) electrons. The summed E-state index contributed by atoms with van der Waals surface area (Å²) in [7, 11) is 0. The van der Waals surface area contributed by atoms with Gasteiger partial charge in [0.1, 0.15) is 5.69 Å². The summed E-state index contributed by atoms with van der Waals surface area (Å²) in [4.78, 5) is 39.7. The number of hydrogen-bond donors (Lipinski definition) is 5. The van der Waals surface area contributed by atoms with Gasteiger partial charge in [0, 0.05) is 41.1 Å². The van der Waals surface area contributed by atoms with Crippen LogP contribution in [0.3, 0.4) is 0 Å². The van der Waals surface area contributed by atoms with Crippen LogP contribution in [-0.2, 0) is 9.59 Å². The Balaban J connectivity index is 1.41. The van der Waals surface area contributed by atoms with Crippen molar-refractivity contribution in [1.29, 1.82) is 0 Å². The average molecular weight is 414 g/mol. The Morgan fingerprint density at radius 3 is 2.27 bits per heavy atom. The zero-order valence-corrected chi connectivity index (χ0v) is 18.0. The number of piperidine rings is 1. The molecule has 0 atom stereocenters. The second-order valence-corrected chi connectivity index (χ2v) is 9.25. The number of aromatic amines is 1. The third-order valence-corrected chi connectivity index (χ3v) is 5.20. The smallest absolute Gasteiger partial charge is 0.309 e. The monoisotopic (exact) mass is 413 g/mol. The highest BCUT2D eigenvalue weighted by atomic mass is 16.2.